The van der Waals surface area contributed by atoms with Gasteiger partial charge < -0.3 is 15.1 Å². The highest BCUT2D eigenvalue weighted by Gasteiger charge is 2.18. The zero-order chi connectivity index (χ0) is 18.6. The number of para-hydroxylation sites is 2. The van der Waals surface area contributed by atoms with Gasteiger partial charge in [-0.1, -0.05) is 12.1 Å². The monoisotopic (exact) mass is 363 g/mol. The van der Waals surface area contributed by atoms with Crippen molar-refractivity contribution in [2.75, 3.05) is 43.4 Å². The molecular weight excluding hydrogens is 342 g/mol. The van der Waals surface area contributed by atoms with E-state index in [4.69, 9.17) is 0 Å². The maximum Gasteiger partial charge on any atom is 0.255 e. The minimum atomic E-state index is -0.139. The summed E-state index contributed by atoms with van der Waals surface area (Å²) in [4.78, 5) is 17.3. The number of aromatic nitrogens is 4. The lowest BCUT2D eigenvalue weighted by Crippen LogP contribution is -2.44. The lowest BCUT2D eigenvalue weighted by Gasteiger charge is -2.35. The molecule has 0 saturated carbocycles. The van der Waals surface area contributed by atoms with Gasteiger partial charge in [-0.05, 0) is 53.9 Å². The Labute approximate surface area is 157 Å². The summed E-state index contributed by atoms with van der Waals surface area (Å²) in [6.07, 6.45) is 1.52. The van der Waals surface area contributed by atoms with Crippen LogP contribution in [0.1, 0.15) is 10.4 Å². The number of anilines is 2. The number of nitrogens with zero attached hydrogens (tertiary/aromatic N) is 6. The molecule has 4 rings (SSSR count). The molecule has 138 valence electrons. The molecule has 0 bridgehead atoms. The van der Waals surface area contributed by atoms with E-state index in [2.05, 4.69) is 43.8 Å². The third kappa shape index (κ3) is 3.80. The van der Waals surface area contributed by atoms with E-state index in [0.29, 0.717) is 5.56 Å². The van der Waals surface area contributed by atoms with E-state index in [1.54, 1.807) is 16.8 Å². The lowest BCUT2D eigenvalue weighted by molar-refractivity contribution is 0.102. The van der Waals surface area contributed by atoms with Crippen molar-refractivity contribution in [1.29, 1.82) is 0 Å². The van der Waals surface area contributed by atoms with Gasteiger partial charge in [0.05, 0.1) is 17.1 Å². The molecule has 0 radical (unpaired) electrons. The van der Waals surface area contributed by atoms with Crippen LogP contribution >= 0.6 is 0 Å². The number of hydrogen-bond donors (Lipinski definition) is 1. The Hall–Kier alpha value is -3.26. The number of nitrogens with one attached hydrogen (secondary N) is 1. The number of carbonyl (C=O) groups excluding carboxylic acids is 1. The van der Waals surface area contributed by atoms with E-state index in [0.717, 1.165) is 43.2 Å². The van der Waals surface area contributed by atoms with Crippen molar-refractivity contribution < 1.29 is 4.79 Å². The van der Waals surface area contributed by atoms with Crippen molar-refractivity contribution in [2.24, 2.45) is 0 Å². The van der Waals surface area contributed by atoms with Gasteiger partial charge in [0.1, 0.15) is 6.33 Å². The molecule has 8 heteroatoms. The van der Waals surface area contributed by atoms with Crippen LogP contribution in [0.3, 0.4) is 0 Å². The fourth-order valence-corrected chi connectivity index (χ4v) is 3.14. The molecule has 2 heterocycles. The second kappa shape index (κ2) is 7.55. The van der Waals surface area contributed by atoms with Crippen molar-refractivity contribution in [1.82, 2.24) is 25.1 Å². The molecule has 1 aliphatic rings. The number of tetrazole rings is 1. The van der Waals surface area contributed by atoms with Gasteiger partial charge >= 0.3 is 0 Å². The lowest BCUT2D eigenvalue weighted by atomic mass is 10.1. The van der Waals surface area contributed by atoms with Crippen LogP contribution in [-0.4, -0.2) is 64.2 Å². The zero-order valence-electron chi connectivity index (χ0n) is 15.1. The maximum absolute atomic E-state index is 12.7. The van der Waals surface area contributed by atoms with Crippen molar-refractivity contribution in [3.63, 3.8) is 0 Å². The number of amides is 1. The highest BCUT2D eigenvalue weighted by molar-refractivity contribution is 6.06. The fourth-order valence-electron chi connectivity index (χ4n) is 3.14. The first-order valence-corrected chi connectivity index (χ1v) is 8.88. The van der Waals surface area contributed by atoms with Crippen LogP contribution in [0.4, 0.5) is 11.4 Å². The van der Waals surface area contributed by atoms with E-state index >= 15 is 0 Å². The summed E-state index contributed by atoms with van der Waals surface area (Å²) in [7, 11) is 2.13. The predicted octanol–water partition coefficient (Wildman–Crippen LogP) is 1.67. The molecule has 1 amide bonds. The summed E-state index contributed by atoms with van der Waals surface area (Å²) in [6.45, 7) is 3.93. The quantitative estimate of drug-likeness (QED) is 0.760. The van der Waals surface area contributed by atoms with Crippen molar-refractivity contribution in [2.45, 2.75) is 0 Å². The Balaban J connectivity index is 1.50. The van der Waals surface area contributed by atoms with Crippen LogP contribution in [0.25, 0.3) is 5.69 Å². The van der Waals surface area contributed by atoms with Crippen LogP contribution in [0, 0.1) is 0 Å². The van der Waals surface area contributed by atoms with Crippen LogP contribution in [0.2, 0.25) is 0 Å². The van der Waals surface area contributed by atoms with E-state index in [-0.39, 0.29) is 5.91 Å². The standard InChI is InChI=1S/C19H21N7O/c1-24-10-12-25(13-11-24)18-5-3-2-4-17(18)21-19(27)15-6-8-16(9-7-15)26-14-20-22-23-26/h2-9,14H,10-13H2,1H3,(H,21,27). The van der Waals surface area contributed by atoms with Gasteiger partial charge in [0.15, 0.2) is 0 Å². The highest BCUT2D eigenvalue weighted by Crippen LogP contribution is 2.27. The average Bonchev–Trinajstić information content (AvgIpc) is 3.24. The Bertz CT molecular complexity index is 900. The van der Waals surface area contributed by atoms with E-state index in [1.165, 1.54) is 6.33 Å². The molecule has 0 aliphatic carbocycles. The van der Waals surface area contributed by atoms with Gasteiger partial charge in [-0.25, -0.2) is 4.68 Å². The Kier molecular flexibility index (Phi) is 4.80. The summed E-state index contributed by atoms with van der Waals surface area (Å²) < 4.78 is 1.55. The molecule has 8 nitrogen and oxygen atoms in total. The van der Waals surface area contributed by atoms with Crippen LogP contribution < -0.4 is 10.2 Å². The van der Waals surface area contributed by atoms with Gasteiger partial charge in [-0.2, -0.15) is 0 Å². The smallest absolute Gasteiger partial charge is 0.255 e. The minimum Gasteiger partial charge on any atom is -0.367 e. The number of carbonyl (C=O) groups is 1. The highest BCUT2D eigenvalue weighted by atomic mass is 16.1. The number of rotatable bonds is 4. The molecule has 1 fully saturated rings. The molecule has 1 aromatic heterocycles. The van der Waals surface area contributed by atoms with Crippen LogP contribution in [0.5, 0.6) is 0 Å². The summed E-state index contributed by atoms with van der Waals surface area (Å²) in [6, 6.07) is 15.1. The van der Waals surface area contributed by atoms with E-state index in [9.17, 15) is 4.79 Å². The second-order valence-electron chi connectivity index (χ2n) is 6.56. The van der Waals surface area contributed by atoms with Crippen molar-refractivity contribution in [3.8, 4) is 5.69 Å². The molecule has 27 heavy (non-hydrogen) atoms. The first kappa shape index (κ1) is 17.2. The first-order valence-electron chi connectivity index (χ1n) is 8.88. The zero-order valence-corrected chi connectivity index (χ0v) is 15.1. The van der Waals surface area contributed by atoms with Gasteiger partial charge in [-0.15, -0.1) is 5.10 Å². The van der Waals surface area contributed by atoms with E-state index < -0.39 is 0 Å². The molecule has 0 atom stereocenters. The molecule has 1 aliphatic heterocycles. The SMILES string of the molecule is CN1CCN(c2ccccc2NC(=O)c2ccc(-n3cnnn3)cc2)CC1. The number of likely N-dealkylation sites (N-methyl/N-ethyl adjacent to an activating group) is 1. The Morgan fingerprint density at radius 3 is 2.44 bits per heavy atom. The minimum absolute atomic E-state index is 0.139. The largest absolute Gasteiger partial charge is 0.367 e. The van der Waals surface area contributed by atoms with Gasteiger partial charge in [-0.3, -0.25) is 4.79 Å². The van der Waals surface area contributed by atoms with Crippen LogP contribution in [-0.2, 0) is 0 Å². The van der Waals surface area contributed by atoms with Crippen molar-refractivity contribution in [3.05, 3.63) is 60.4 Å². The molecule has 0 spiro atoms. The topological polar surface area (TPSA) is 79.2 Å². The second-order valence-corrected chi connectivity index (χ2v) is 6.56. The Morgan fingerprint density at radius 2 is 1.74 bits per heavy atom. The number of piperazine rings is 1. The third-order valence-corrected chi connectivity index (χ3v) is 4.74. The molecule has 1 saturated heterocycles. The molecular formula is C19H21N7O. The van der Waals surface area contributed by atoms with Crippen molar-refractivity contribution >= 4 is 17.3 Å². The molecule has 0 unspecified atom stereocenters. The molecule has 1 N–H and O–H groups in total. The van der Waals surface area contributed by atoms with E-state index in [1.807, 2.05) is 30.3 Å². The van der Waals surface area contributed by atoms with Crippen LogP contribution in [0.15, 0.2) is 54.9 Å². The van der Waals surface area contributed by atoms with Gasteiger partial charge in [0.25, 0.3) is 5.91 Å². The third-order valence-electron chi connectivity index (χ3n) is 4.74. The molecule has 3 aromatic rings. The summed E-state index contributed by atoms with van der Waals surface area (Å²) >= 11 is 0. The number of benzene rings is 2. The van der Waals surface area contributed by atoms with Gasteiger partial charge in [0, 0.05) is 31.7 Å². The Morgan fingerprint density at radius 1 is 1.00 bits per heavy atom. The normalized spacial score (nSPS) is 14.9. The average molecular weight is 363 g/mol. The van der Waals surface area contributed by atoms with Gasteiger partial charge in [0.2, 0.25) is 0 Å². The number of hydrogen-bond acceptors (Lipinski definition) is 6. The summed E-state index contributed by atoms with van der Waals surface area (Å²) in [5, 5.41) is 14.1. The summed E-state index contributed by atoms with van der Waals surface area (Å²) in [5.41, 5.74) is 3.27. The maximum atomic E-state index is 12.7. The molecule has 2 aromatic carbocycles. The first-order chi connectivity index (χ1) is 13.2. The fraction of sp³-hybridized carbons (Fsp3) is 0.263. The predicted molar refractivity (Wildman–Crippen MR) is 103 cm³/mol. The summed E-state index contributed by atoms with van der Waals surface area (Å²) in [5.74, 6) is -0.139.